The highest BCUT2D eigenvalue weighted by Gasteiger charge is 2.15. The van der Waals surface area contributed by atoms with Crippen LogP contribution < -0.4 is 5.73 Å². The van der Waals surface area contributed by atoms with Gasteiger partial charge in [0.15, 0.2) is 0 Å². The zero-order chi connectivity index (χ0) is 16.8. The van der Waals surface area contributed by atoms with Crippen molar-refractivity contribution in [2.75, 3.05) is 13.6 Å². The summed E-state index contributed by atoms with van der Waals surface area (Å²) in [5.41, 5.74) is 6.41. The van der Waals surface area contributed by atoms with Crippen LogP contribution in [0.25, 0.3) is 11.4 Å². The fourth-order valence-corrected chi connectivity index (χ4v) is 2.17. The molecule has 0 aliphatic heterocycles. The molecule has 0 aliphatic rings. The van der Waals surface area contributed by atoms with Crippen molar-refractivity contribution >= 4 is 29.9 Å². The van der Waals surface area contributed by atoms with Gasteiger partial charge >= 0.3 is 0 Å². The second-order valence-electron chi connectivity index (χ2n) is 5.46. The molecule has 2 aromatic rings. The quantitative estimate of drug-likeness (QED) is 0.807. The van der Waals surface area contributed by atoms with Gasteiger partial charge < -0.3 is 15.2 Å². The predicted molar refractivity (Wildman–Crippen MR) is 96.2 cm³/mol. The molecule has 8 heteroatoms. The van der Waals surface area contributed by atoms with E-state index in [1.807, 2.05) is 19.1 Å². The average molecular weight is 373 g/mol. The number of hydrogen-bond donors (Lipinski definition) is 1. The first-order chi connectivity index (χ1) is 11.0. The van der Waals surface area contributed by atoms with Crippen LogP contribution in [0.15, 0.2) is 28.8 Å². The van der Waals surface area contributed by atoms with E-state index in [1.54, 1.807) is 24.1 Å². The number of likely N-dealkylation sites (N-methyl/N-ethyl adjacent to an activating group) is 1. The third-order valence-corrected chi connectivity index (χ3v) is 4.00. The van der Waals surface area contributed by atoms with E-state index in [-0.39, 0.29) is 24.4 Å². The molecule has 0 saturated heterocycles. The van der Waals surface area contributed by atoms with E-state index in [2.05, 4.69) is 10.1 Å². The van der Waals surface area contributed by atoms with Crippen LogP contribution in [-0.4, -0.2) is 40.6 Å². The molecule has 1 unspecified atom stereocenters. The smallest absolute Gasteiger partial charge is 0.226 e. The van der Waals surface area contributed by atoms with Gasteiger partial charge in [-0.1, -0.05) is 16.8 Å². The maximum absolute atomic E-state index is 12.0. The van der Waals surface area contributed by atoms with Gasteiger partial charge in [0.05, 0.1) is 0 Å². The minimum atomic E-state index is 0. The van der Waals surface area contributed by atoms with Gasteiger partial charge in [0.1, 0.15) is 0 Å². The molecule has 132 valence electrons. The number of rotatable bonds is 7. The van der Waals surface area contributed by atoms with E-state index in [4.69, 9.17) is 21.9 Å². The minimum Gasteiger partial charge on any atom is -0.342 e. The average Bonchev–Trinajstić information content (AvgIpc) is 3.02. The minimum absolute atomic E-state index is 0. The Morgan fingerprint density at radius 3 is 2.67 bits per heavy atom. The van der Waals surface area contributed by atoms with Crippen LogP contribution in [0.3, 0.4) is 0 Å². The zero-order valence-electron chi connectivity index (χ0n) is 13.7. The fourth-order valence-electron chi connectivity index (χ4n) is 2.04. The number of carbonyl (C=O) groups excluding carboxylic acids is 1. The topological polar surface area (TPSA) is 85.2 Å². The number of amides is 1. The van der Waals surface area contributed by atoms with Crippen LogP contribution in [0.1, 0.15) is 25.7 Å². The van der Waals surface area contributed by atoms with Gasteiger partial charge in [-0.05, 0) is 37.6 Å². The molecule has 1 amide bonds. The molecule has 2 rings (SSSR count). The number of aromatic nitrogens is 2. The van der Waals surface area contributed by atoms with Crippen LogP contribution >= 0.6 is 24.0 Å². The second-order valence-corrected chi connectivity index (χ2v) is 5.90. The van der Waals surface area contributed by atoms with E-state index in [1.165, 1.54) is 0 Å². The van der Waals surface area contributed by atoms with Gasteiger partial charge in [0, 0.05) is 43.1 Å². The highest BCUT2D eigenvalue weighted by Crippen LogP contribution is 2.19. The summed E-state index contributed by atoms with van der Waals surface area (Å²) in [6.07, 6.45) is 1.65. The van der Waals surface area contributed by atoms with Gasteiger partial charge in [-0.15, -0.1) is 12.4 Å². The van der Waals surface area contributed by atoms with Crippen molar-refractivity contribution < 1.29 is 9.32 Å². The maximum Gasteiger partial charge on any atom is 0.226 e. The Hall–Kier alpha value is -1.63. The Kier molecular flexibility index (Phi) is 8.18. The SMILES string of the molecule is CC(CN)N(C)C(=O)CCCc1nc(-c2ccc(Cl)cc2)no1.Cl. The van der Waals surface area contributed by atoms with Crippen LogP contribution in [0, 0.1) is 0 Å². The zero-order valence-corrected chi connectivity index (χ0v) is 15.3. The first-order valence-electron chi connectivity index (χ1n) is 7.55. The number of aryl methyl sites for hydroxylation is 1. The van der Waals surface area contributed by atoms with Crippen molar-refractivity contribution in [1.29, 1.82) is 0 Å². The molecule has 0 radical (unpaired) electrons. The largest absolute Gasteiger partial charge is 0.342 e. The molecule has 1 heterocycles. The Bertz CT molecular complexity index is 646. The first kappa shape index (κ1) is 20.4. The van der Waals surface area contributed by atoms with Gasteiger partial charge in [0.25, 0.3) is 0 Å². The summed E-state index contributed by atoms with van der Waals surface area (Å²) in [7, 11) is 1.77. The van der Waals surface area contributed by atoms with Crippen LogP contribution in [0.5, 0.6) is 0 Å². The van der Waals surface area contributed by atoms with Crippen molar-refractivity contribution in [3.8, 4) is 11.4 Å². The van der Waals surface area contributed by atoms with Gasteiger partial charge in [-0.25, -0.2) is 0 Å². The molecule has 0 spiro atoms. The van der Waals surface area contributed by atoms with Crippen LogP contribution in [0.4, 0.5) is 0 Å². The Morgan fingerprint density at radius 2 is 2.04 bits per heavy atom. The molecule has 1 aromatic carbocycles. The fraction of sp³-hybridized carbons (Fsp3) is 0.438. The molecule has 1 aromatic heterocycles. The Morgan fingerprint density at radius 1 is 1.38 bits per heavy atom. The number of hydrogen-bond acceptors (Lipinski definition) is 5. The number of halogens is 2. The van der Waals surface area contributed by atoms with Crippen molar-refractivity contribution in [1.82, 2.24) is 15.0 Å². The molecular formula is C16H22Cl2N4O2. The van der Waals surface area contributed by atoms with Crippen LogP contribution in [0.2, 0.25) is 5.02 Å². The van der Waals surface area contributed by atoms with Crippen molar-refractivity contribution in [3.63, 3.8) is 0 Å². The van der Waals surface area contributed by atoms with E-state index >= 15 is 0 Å². The molecular weight excluding hydrogens is 351 g/mol. The predicted octanol–water partition coefficient (Wildman–Crippen LogP) is 2.94. The van der Waals surface area contributed by atoms with Crippen molar-refractivity contribution in [2.24, 2.45) is 5.73 Å². The highest BCUT2D eigenvalue weighted by atomic mass is 35.5. The van der Waals surface area contributed by atoms with Gasteiger partial charge in [-0.2, -0.15) is 4.98 Å². The third kappa shape index (κ3) is 5.47. The molecule has 6 nitrogen and oxygen atoms in total. The first-order valence-corrected chi connectivity index (χ1v) is 7.93. The van der Waals surface area contributed by atoms with Gasteiger partial charge in [0.2, 0.25) is 17.6 Å². The number of benzene rings is 1. The summed E-state index contributed by atoms with van der Waals surface area (Å²) in [6.45, 7) is 2.38. The molecule has 2 N–H and O–H groups in total. The summed E-state index contributed by atoms with van der Waals surface area (Å²) >= 11 is 5.85. The summed E-state index contributed by atoms with van der Waals surface area (Å²) in [4.78, 5) is 18.0. The van der Waals surface area contributed by atoms with Gasteiger partial charge in [-0.3, -0.25) is 4.79 Å². The molecule has 0 bridgehead atoms. The lowest BCUT2D eigenvalue weighted by molar-refractivity contribution is -0.131. The lowest BCUT2D eigenvalue weighted by Gasteiger charge is -2.23. The molecule has 1 atom stereocenters. The molecule has 0 fully saturated rings. The number of nitrogens with zero attached hydrogens (tertiary/aromatic N) is 3. The Labute approximate surface area is 152 Å². The highest BCUT2D eigenvalue weighted by molar-refractivity contribution is 6.30. The summed E-state index contributed by atoms with van der Waals surface area (Å²) in [5.74, 6) is 1.12. The summed E-state index contributed by atoms with van der Waals surface area (Å²) < 4.78 is 5.22. The number of nitrogens with two attached hydrogens (primary N) is 1. The van der Waals surface area contributed by atoms with E-state index in [0.29, 0.717) is 42.5 Å². The normalized spacial score (nSPS) is 11.7. The third-order valence-electron chi connectivity index (χ3n) is 3.75. The van der Waals surface area contributed by atoms with Crippen molar-refractivity contribution in [2.45, 2.75) is 32.2 Å². The van der Waals surface area contributed by atoms with E-state index < -0.39 is 0 Å². The summed E-state index contributed by atoms with van der Waals surface area (Å²) in [5, 5.41) is 4.61. The lowest BCUT2D eigenvalue weighted by atomic mass is 10.2. The van der Waals surface area contributed by atoms with Crippen molar-refractivity contribution in [3.05, 3.63) is 35.2 Å². The Balaban J connectivity index is 0.00000288. The van der Waals surface area contributed by atoms with Crippen LogP contribution in [-0.2, 0) is 11.2 Å². The maximum atomic E-state index is 12.0. The number of carbonyl (C=O) groups is 1. The molecule has 0 aliphatic carbocycles. The molecule has 24 heavy (non-hydrogen) atoms. The van der Waals surface area contributed by atoms with E-state index in [9.17, 15) is 4.79 Å². The van der Waals surface area contributed by atoms with E-state index in [0.717, 1.165) is 5.56 Å². The lowest BCUT2D eigenvalue weighted by Crippen LogP contribution is -2.39. The standard InChI is InChI=1S/C16H21ClN4O2.ClH/c1-11(10-18)21(2)15(22)5-3-4-14-19-16(20-23-14)12-6-8-13(17)9-7-12;/h6-9,11H,3-5,10,18H2,1-2H3;1H. The second kappa shape index (κ2) is 9.61. The molecule has 0 saturated carbocycles. The monoisotopic (exact) mass is 372 g/mol. The summed E-state index contributed by atoms with van der Waals surface area (Å²) in [6, 6.07) is 7.27.